The number of hydrogen-bond donors (Lipinski definition) is 2. The van der Waals surface area contributed by atoms with Crippen molar-refractivity contribution in [1.82, 2.24) is 14.5 Å². The number of aromatic nitrogens is 3. The van der Waals surface area contributed by atoms with Gasteiger partial charge in [0.2, 0.25) is 0 Å². The lowest BCUT2D eigenvalue weighted by Gasteiger charge is -2.19. The molecule has 0 aliphatic heterocycles. The second kappa shape index (κ2) is 7.93. The minimum Gasteiger partial charge on any atom is -0.390 e. The van der Waals surface area contributed by atoms with Crippen LogP contribution in [-0.2, 0) is 6.42 Å². The Balaban J connectivity index is 1.33. The van der Waals surface area contributed by atoms with Crippen molar-refractivity contribution in [1.29, 1.82) is 0 Å². The molecule has 7 heteroatoms. The molecule has 1 aliphatic carbocycles. The van der Waals surface area contributed by atoms with Gasteiger partial charge in [-0.3, -0.25) is 4.98 Å². The number of nitrogens with zero attached hydrogens (tertiary/aromatic N) is 3. The predicted molar refractivity (Wildman–Crippen MR) is 122 cm³/mol. The molecule has 3 heterocycles. The zero-order valence-electron chi connectivity index (χ0n) is 16.1. The molecule has 5 rings (SSSR count). The Morgan fingerprint density at radius 1 is 1.10 bits per heavy atom. The lowest BCUT2D eigenvalue weighted by molar-refractivity contribution is 0.00552. The van der Waals surface area contributed by atoms with Crippen molar-refractivity contribution in [3.05, 3.63) is 70.2 Å². The highest BCUT2D eigenvalue weighted by Crippen LogP contribution is 2.39. The van der Waals surface area contributed by atoms with E-state index in [4.69, 9.17) is 11.6 Å². The predicted octanol–water partition coefficient (Wildman–Crippen LogP) is 4.92. The number of halogens is 2. The van der Waals surface area contributed by atoms with E-state index < -0.39 is 12.2 Å². The standard InChI is InChI=1S/C23H21BrClN3O2/c24-17-10-14-3-1-13(9-18(14)27-23(17)25)2-4-15-11-20(22(30)21(15)29)28-8-6-16-12-26-7-5-19(16)28/h1,3,5-10,12,15,20-22,29-30H,2,4,11H2/t15-,20+,21+,22-/m0/s1. The molecule has 0 radical (unpaired) electrons. The first-order chi connectivity index (χ1) is 14.5. The van der Waals surface area contributed by atoms with Crippen LogP contribution in [0.5, 0.6) is 0 Å². The fraction of sp³-hybridized carbons (Fsp3) is 0.304. The van der Waals surface area contributed by atoms with Crippen molar-refractivity contribution in [2.75, 3.05) is 0 Å². The van der Waals surface area contributed by atoms with Crippen LogP contribution >= 0.6 is 27.5 Å². The Labute approximate surface area is 187 Å². The first-order valence-corrected chi connectivity index (χ1v) is 11.2. The normalized spacial score (nSPS) is 24.1. The van der Waals surface area contributed by atoms with E-state index in [-0.39, 0.29) is 12.0 Å². The van der Waals surface area contributed by atoms with Crippen LogP contribution in [0.3, 0.4) is 0 Å². The van der Waals surface area contributed by atoms with E-state index in [1.165, 1.54) is 0 Å². The van der Waals surface area contributed by atoms with Crippen LogP contribution in [-0.4, -0.2) is 37.0 Å². The molecule has 0 spiro atoms. The zero-order valence-corrected chi connectivity index (χ0v) is 18.5. The van der Waals surface area contributed by atoms with Gasteiger partial charge in [-0.05, 0) is 70.9 Å². The van der Waals surface area contributed by atoms with Gasteiger partial charge in [0.15, 0.2) is 0 Å². The maximum atomic E-state index is 10.7. The van der Waals surface area contributed by atoms with Gasteiger partial charge >= 0.3 is 0 Å². The second-order valence-corrected chi connectivity index (χ2v) is 9.24. The molecule has 30 heavy (non-hydrogen) atoms. The SMILES string of the molecule is O[C@@H]1[C@@H](CCc2ccc3cc(Br)c(Cl)nc3c2)C[C@@H](n2ccc3cnccc32)[C@@H]1O. The summed E-state index contributed by atoms with van der Waals surface area (Å²) in [5, 5.41) is 24.0. The van der Waals surface area contributed by atoms with E-state index >= 15 is 0 Å². The third-order valence-corrected chi connectivity index (χ3v) is 7.37. The van der Waals surface area contributed by atoms with E-state index in [2.05, 4.69) is 42.6 Å². The van der Waals surface area contributed by atoms with Crippen LogP contribution in [0.2, 0.25) is 5.15 Å². The largest absolute Gasteiger partial charge is 0.390 e. The minimum atomic E-state index is -0.784. The van der Waals surface area contributed by atoms with Gasteiger partial charge in [0.25, 0.3) is 0 Å². The molecule has 1 saturated carbocycles. The van der Waals surface area contributed by atoms with E-state index in [1.807, 2.05) is 36.7 Å². The summed E-state index contributed by atoms with van der Waals surface area (Å²) in [7, 11) is 0. The number of benzene rings is 1. The molecule has 2 N–H and O–H groups in total. The summed E-state index contributed by atoms with van der Waals surface area (Å²) in [5.74, 6) is 0.0291. The first-order valence-electron chi connectivity index (χ1n) is 10.0. The van der Waals surface area contributed by atoms with Crippen molar-refractivity contribution in [2.45, 2.75) is 37.5 Å². The monoisotopic (exact) mass is 485 g/mol. The van der Waals surface area contributed by atoms with Gasteiger partial charge in [0, 0.05) is 29.4 Å². The molecular weight excluding hydrogens is 466 g/mol. The van der Waals surface area contributed by atoms with Gasteiger partial charge < -0.3 is 14.8 Å². The van der Waals surface area contributed by atoms with Crippen LogP contribution in [0.1, 0.15) is 24.4 Å². The van der Waals surface area contributed by atoms with Gasteiger partial charge in [-0.2, -0.15) is 0 Å². The molecule has 4 atom stereocenters. The molecule has 4 aromatic rings. The minimum absolute atomic E-state index is 0.0291. The maximum absolute atomic E-state index is 10.7. The summed E-state index contributed by atoms with van der Waals surface area (Å²) in [6.07, 6.45) is 6.37. The maximum Gasteiger partial charge on any atom is 0.143 e. The van der Waals surface area contributed by atoms with E-state index in [0.29, 0.717) is 5.15 Å². The molecule has 0 saturated heterocycles. The Bertz CT molecular complexity index is 1230. The Hall–Kier alpha value is -1.99. The molecule has 0 bridgehead atoms. The molecule has 1 aromatic carbocycles. The lowest BCUT2D eigenvalue weighted by atomic mass is 9.95. The summed E-state index contributed by atoms with van der Waals surface area (Å²) in [6.45, 7) is 0. The first kappa shape index (κ1) is 19.9. The van der Waals surface area contributed by atoms with E-state index in [1.54, 1.807) is 6.20 Å². The number of rotatable bonds is 4. The van der Waals surface area contributed by atoms with Crippen LogP contribution in [0.4, 0.5) is 0 Å². The van der Waals surface area contributed by atoms with E-state index in [0.717, 1.165) is 51.1 Å². The highest BCUT2D eigenvalue weighted by molar-refractivity contribution is 9.10. The quantitative estimate of drug-likeness (QED) is 0.402. The smallest absolute Gasteiger partial charge is 0.143 e. The molecular formula is C23H21BrClN3O2. The van der Waals surface area contributed by atoms with Crippen LogP contribution in [0.25, 0.3) is 21.8 Å². The molecule has 1 aliphatic rings. The number of pyridine rings is 2. The molecule has 0 amide bonds. The zero-order chi connectivity index (χ0) is 20.8. The number of aryl methyl sites for hydroxylation is 1. The average molecular weight is 487 g/mol. The van der Waals surface area contributed by atoms with Gasteiger partial charge in [0.05, 0.1) is 27.7 Å². The number of fused-ring (bicyclic) bond motifs is 2. The number of aliphatic hydroxyl groups excluding tert-OH is 2. The fourth-order valence-electron chi connectivity index (χ4n) is 4.63. The highest BCUT2D eigenvalue weighted by Gasteiger charge is 2.42. The number of hydrogen-bond acceptors (Lipinski definition) is 4. The van der Waals surface area contributed by atoms with Gasteiger partial charge in [-0.1, -0.05) is 23.7 Å². The summed E-state index contributed by atoms with van der Waals surface area (Å²) in [5.41, 5.74) is 3.04. The van der Waals surface area contributed by atoms with Crippen molar-refractivity contribution in [3.8, 4) is 0 Å². The second-order valence-electron chi connectivity index (χ2n) is 8.03. The van der Waals surface area contributed by atoms with Crippen molar-refractivity contribution in [3.63, 3.8) is 0 Å². The van der Waals surface area contributed by atoms with Gasteiger partial charge in [0.1, 0.15) is 11.3 Å². The Morgan fingerprint density at radius 3 is 2.83 bits per heavy atom. The van der Waals surface area contributed by atoms with E-state index in [9.17, 15) is 10.2 Å². The van der Waals surface area contributed by atoms with Crippen molar-refractivity contribution < 1.29 is 10.2 Å². The van der Waals surface area contributed by atoms with Crippen LogP contribution in [0.15, 0.2) is 59.5 Å². The lowest BCUT2D eigenvalue weighted by Crippen LogP contribution is -2.29. The average Bonchev–Trinajstić information content (AvgIpc) is 3.29. The molecule has 5 nitrogen and oxygen atoms in total. The van der Waals surface area contributed by atoms with Crippen LogP contribution < -0.4 is 0 Å². The van der Waals surface area contributed by atoms with Crippen LogP contribution in [0, 0.1) is 5.92 Å². The summed E-state index contributed by atoms with van der Waals surface area (Å²) >= 11 is 9.55. The summed E-state index contributed by atoms with van der Waals surface area (Å²) in [6, 6.07) is 12.0. The molecule has 3 aromatic heterocycles. The summed E-state index contributed by atoms with van der Waals surface area (Å²) < 4.78 is 2.86. The fourth-order valence-corrected chi connectivity index (χ4v) is 5.11. The Kier molecular flexibility index (Phi) is 5.27. The Morgan fingerprint density at radius 2 is 1.97 bits per heavy atom. The van der Waals surface area contributed by atoms with Gasteiger partial charge in [-0.25, -0.2) is 4.98 Å². The highest BCUT2D eigenvalue weighted by atomic mass is 79.9. The molecule has 1 fully saturated rings. The van der Waals surface area contributed by atoms with Crippen molar-refractivity contribution >= 4 is 49.3 Å². The number of aliphatic hydroxyl groups is 2. The molecule has 154 valence electrons. The van der Waals surface area contributed by atoms with Gasteiger partial charge in [-0.15, -0.1) is 0 Å². The third-order valence-electron chi connectivity index (χ3n) is 6.25. The topological polar surface area (TPSA) is 71.2 Å². The third kappa shape index (κ3) is 3.52. The van der Waals surface area contributed by atoms with Crippen molar-refractivity contribution in [2.24, 2.45) is 5.92 Å². The molecule has 0 unspecified atom stereocenters. The summed E-state index contributed by atoms with van der Waals surface area (Å²) in [4.78, 5) is 8.59.